The highest BCUT2D eigenvalue weighted by atomic mass is 35.5. The number of hydrogen-bond donors (Lipinski definition) is 0. The zero-order valence-electron chi connectivity index (χ0n) is 15.3. The van der Waals surface area contributed by atoms with Gasteiger partial charge in [-0.2, -0.15) is 10.2 Å². The summed E-state index contributed by atoms with van der Waals surface area (Å²) in [6.45, 7) is 6.69. The molecule has 26 heavy (non-hydrogen) atoms. The molecule has 0 aromatic carbocycles. The van der Waals surface area contributed by atoms with Crippen LogP contribution in [0, 0.1) is 13.8 Å². The summed E-state index contributed by atoms with van der Waals surface area (Å²) in [6.07, 6.45) is 0. The molecule has 0 spiro atoms. The monoisotopic (exact) mass is 394 g/mol. The maximum Gasteiger partial charge on any atom is 0.254 e. The lowest BCUT2D eigenvalue weighted by atomic mass is 10.1. The van der Waals surface area contributed by atoms with Crippen molar-refractivity contribution >= 4 is 40.1 Å². The molecule has 0 fully saturated rings. The van der Waals surface area contributed by atoms with E-state index in [0.717, 1.165) is 22.4 Å². The van der Waals surface area contributed by atoms with Gasteiger partial charge in [0.05, 0.1) is 23.2 Å². The summed E-state index contributed by atoms with van der Waals surface area (Å²) in [5, 5.41) is 10.3. The third kappa shape index (κ3) is 3.05. The Hall–Kier alpha value is -2.12. The minimum absolute atomic E-state index is 0.142. The lowest BCUT2D eigenvalue weighted by Gasteiger charge is -2.17. The normalized spacial score (nSPS) is 11.3. The predicted molar refractivity (Wildman–Crippen MR) is 102 cm³/mol. The first kappa shape index (κ1) is 18.7. The Kier molecular flexibility index (Phi) is 4.94. The summed E-state index contributed by atoms with van der Waals surface area (Å²) < 4.78 is 3.30. The molecule has 0 atom stereocenters. The van der Waals surface area contributed by atoms with Crippen LogP contribution in [0.25, 0.3) is 11.0 Å². The Morgan fingerprint density at radius 3 is 2.54 bits per heavy atom. The Labute approximate surface area is 161 Å². The van der Waals surface area contributed by atoms with E-state index in [1.165, 1.54) is 4.68 Å². The van der Waals surface area contributed by atoms with Gasteiger partial charge in [-0.15, -0.1) is 0 Å². The molecule has 0 saturated carbocycles. The van der Waals surface area contributed by atoms with E-state index in [2.05, 4.69) is 15.2 Å². The Balaban J connectivity index is 2.01. The first-order valence-corrected chi connectivity index (χ1v) is 8.97. The highest BCUT2D eigenvalue weighted by Crippen LogP contribution is 2.27. The highest BCUT2D eigenvalue weighted by molar-refractivity contribution is 6.41. The smallest absolute Gasteiger partial charge is 0.254 e. The van der Waals surface area contributed by atoms with Crippen molar-refractivity contribution in [2.75, 3.05) is 7.05 Å². The summed E-state index contributed by atoms with van der Waals surface area (Å²) in [4.78, 5) is 19.2. The van der Waals surface area contributed by atoms with E-state index in [1.54, 1.807) is 25.1 Å². The molecule has 0 N–H and O–H groups in total. The van der Waals surface area contributed by atoms with Gasteiger partial charge in [0.2, 0.25) is 0 Å². The van der Waals surface area contributed by atoms with E-state index in [0.29, 0.717) is 28.0 Å². The quantitative estimate of drug-likeness (QED) is 0.679. The molecule has 0 aliphatic carbocycles. The van der Waals surface area contributed by atoms with Crippen LogP contribution in [0.4, 0.5) is 0 Å². The molecule has 138 valence electrons. The van der Waals surface area contributed by atoms with Crippen molar-refractivity contribution in [3.63, 3.8) is 0 Å². The average Bonchev–Trinajstić information content (AvgIpc) is 3.05. The molecule has 7 nitrogen and oxygen atoms in total. The van der Waals surface area contributed by atoms with Gasteiger partial charge in [-0.05, 0) is 26.8 Å². The first-order valence-electron chi connectivity index (χ1n) is 8.21. The van der Waals surface area contributed by atoms with E-state index in [4.69, 9.17) is 23.2 Å². The number of carbonyl (C=O) groups excluding carboxylic acids is 1. The third-order valence-electron chi connectivity index (χ3n) is 4.26. The van der Waals surface area contributed by atoms with Gasteiger partial charge in [0.15, 0.2) is 5.65 Å². The minimum atomic E-state index is -0.142. The van der Waals surface area contributed by atoms with Crippen LogP contribution in [0.5, 0.6) is 0 Å². The molecule has 0 unspecified atom stereocenters. The van der Waals surface area contributed by atoms with Crippen molar-refractivity contribution in [2.24, 2.45) is 7.05 Å². The molecule has 0 saturated heterocycles. The topological polar surface area (TPSA) is 68.8 Å². The second-order valence-electron chi connectivity index (χ2n) is 6.25. The van der Waals surface area contributed by atoms with Gasteiger partial charge < -0.3 is 4.90 Å². The van der Waals surface area contributed by atoms with E-state index in [-0.39, 0.29) is 12.5 Å². The highest BCUT2D eigenvalue weighted by Gasteiger charge is 2.23. The van der Waals surface area contributed by atoms with Crippen LogP contribution in [0.15, 0.2) is 6.07 Å². The largest absolute Gasteiger partial charge is 0.336 e. The molecule has 3 rings (SSSR count). The molecule has 0 aliphatic rings. The van der Waals surface area contributed by atoms with Gasteiger partial charge in [-0.3, -0.25) is 9.48 Å². The number of carbonyl (C=O) groups is 1. The standard InChI is InChI=1S/C17H20Cl2N6O/c1-6-25-16-13(10(3)21-25)11(7-9(2)20-16)17(26)23(4)8-12-14(18)15(19)24(5)22-12/h7H,6,8H2,1-5H3. The average molecular weight is 395 g/mol. The molecule has 3 aromatic rings. The van der Waals surface area contributed by atoms with Crippen LogP contribution in [0.2, 0.25) is 10.2 Å². The van der Waals surface area contributed by atoms with Gasteiger partial charge in [0, 0.05) is 26.3 Å². The summed E-state index contributed by atoms with van der Waals surface area (Å²) >= 11 is 12.3. The molecule has 3 aromatic heterocycles. The van der Waals surface area contributed by atoms with Gasteiger partial charge >= 0.3 is 0 Å². The lowest BCUT2D eigenvalue weighted by molar-refractivity contribution is 0.0785. The molecule has 9 heteroatoms. The first-order chi connectivity index (χ1) is 12.2. The van der Waals surface area contributed by atoms with Gasteiger partial charge in [0.1, 0.15) is 15.9 Å². The number of aryl methyl sites for hydroxylation is 4. The van der Waals surface area contributed by atoms with E-state index in [9.17, 15) is 4.79 Å². The number of hydrogen-bond acceptors (Lipinski definition) is 4. The number of nitrogens with zero attached hydrogens (tertiary/aromatic N) is 6. The fourth-order valence-electron chi connectivity index (χ4n) is 3.00. The number of halogens is 2. The number of aromatic nitrogens is 5. The van der Waals surface area contributed by atoms with Crippen molar-refractivity contribution in [1.29, 1.82) is 0 Å². The lowest BCUT2D eigenvalue weighted by Crippen LogP contribution is -2.27. The molecule has 3 heterocycles. The Morgan fingerprint density at radius 2 is 1.96 bits per heavy atom. The van der Waals surface area contributed by atoms with Crippen LogP contribution >= 0.6 is 23.2 Å². The zero-order chi connectivity index (χ0) is 19.2. The Morgan fingerprint density at radius 1 is 1.27 bits per heavy atom. The number of rotatable bonds is 4. The molecule has 0 aliphatic heterocycles. The van der Waals surface area contributed by atoms with Gasteiger partial charge in [0.25, 0.3) is 5.91 Å². The van der Waals surface area contributed by atoms with Crippen molar-refractivity contribution in [3.05, 3.63) is 38.9 Å². The van der Waals surface area contributed by atoms with Crippen molar-refractivity contribution in [1.82, 2.24) is 29.4 Å². The second-order valence-corrected chi connectivity index (χ2v) is 6.98. The summed E-state index contributed by atoms with van der Waals surface area (Å²) in [6, 6.07) is 1.79. The van der Waals surface area contributed by atoms with E-state index in [1.807, 2.05) is 25.5 Å². The zero-order valence-corrected chi connectivity index (χ0v) is 16.9. The van der Waals surface area contributed by atoms with Crippen molar-refractivity contribution in [3.8, 4) is 0 Å². The molecule has 0 bridgehead atoms. The fraction of sp³-hybridized carbons (Fsp3) is 0.412. The molecular weight excluding hydrogens is 375 g/mol. The summed E-state index contributed by atoms with van der Waals surface area (Å²) in [7, 11) is 3.42. The fourth-order valence-corrected chi connectivity index (χ4v) is 3.37. The second kappa shape index (κ2) is 6.89. The van der Waals surface area contributed by atoms with Gasteiger partial charge in [-0.1, -0.05) is 23.2 Å². The van der Waals surface area contributed by atoms with Crippen LogP contribution in [-0.4, -0.2) is 42.4 Å². The van der Waals surface area contributed by atoms with Crippen molar-refractivity contribution in [2.45, 2.75) is 33.9 Å². The molecular formula is C17H20Cl2N6O. The van der Waals surface area contributed by atoms with E-state index >= 15 is 0 Å². The van der Waals surface area contributed by atoms with Crippen LogP contribution < -0.4 is 0 Å². The molecule has 1 amide bonds. The van der Waals surface area contributed by atoms with E-state index < -0.39 is 0 Å². The third-order valence-corrected chi connectivity index (χ3v) is 5.19. The summed E-state index contributed by atoms with van der Waals surface area (Å²) in [5.41, 5.74) is 3.40. The number of amides is 1. The number of fused-ring (bicyclic) bond motifs is 1. The maximum absolute atomic E-state index is 13.1. The van der Waals surface area contributed by atoms with Crippen LogP contribution in [0.3, 0.4) is 0 Å². The Bertz CT molecular complexity index is 1010. The minimum Gasteiger partial charge on any atom is -0.336 e. The van der Waals surface area contributed by atoms with Crippen LogP contribution in [0.1, 0.15) is 34.4 Å². The maximum atomic E-state index is 13.1. The van der Waals surface area contributed by atoms with Crippen LogP contribution in [-0.2, 0) is 20.1 Å². The van der Waals surface area contributed by atoms with Crippen molar-refractivity contribution < 1.29 is 4.79 Å². The molecule has 0 radical (unpaired) electrons. The SMILES string of the molecule is CCn1nc(C)c2c(C(=O)N(C)Cc3nn(C)c(Cl)c3Cl)cc(C)nc21. The van der Waals surface area contributed by atoms with Gasteiger partial charge in [-0.25, -0.2) is 9.67 Å². The number of pyridine rings is 1. The summed E-state index contributed by atoms with van der Waals surface area (Å²) in [5.74, 6) is -0.142. The predicted octanol–water partition coefficient (Wildman–Crippen LogP) is 3.38.